The van der Waals surface area contributed by atoms with Crippen molar-refractivity contribution in [2.45, 2.75) is 12.8 Å². The maximum atomic E-state index is 11.8. The third-order valence-corrected chi connectivity index (χ3v) is 2.44. The Morgan fingerprint density at radius 2 is 2.16 bits per heavy atom. The molecule has 2 heterocycles. The van der Waals surface area contributed by atoms with Gasteiger partial charge in [-0.3, -0.25) is 9.59 Å². The number of hydrogen-bond acceptors (Lipinski definition) is 5. The van der Waals surface area contributed by atoms with Crippen molar-refractivity contribution in [3.05, 3.63) is 23.9 Å². The van der Waals surface area contributed by atoms with Gasteiger partial charge in [0.2, 0.25) is 5.91 Å². The van der Waals surface area contributed by atoms with Gasteiger partial charge in [0.25, 0.3) is 5.91 Å². The number of carboxylic acids is 1. The number of hydrogen-bond donors (Lipinski definition) is 3. The van der Waals surface area contributed by atoms with E-state index < -0.39 is 11.9 Å². The second-order valence-electron chi connectivity index (χ2n) is 3.75. The Balaban J connectivity index is 2.16. The minimum atomic E-state index is -1.19. The molecule has 1 aliphatic heterocycles. The second-order valence-corrected chi connectivity index (χ2v) is 3.75. The van der Waals surface area contributed by atoms with Gasteiger partial charge in [-0.2, -0.15) is 5.10 Å². The zero-order valence-corrected chi connectivity index (χ0v) is 9.71. The van der Waals surface area contributed by atoms with Crippen LogP contribution in [0, 0.1) is 0 Å². The Morgan fingerprint density at radius 1 is 1.37 bits per heavy atom. The predicted molar refractivity (Wildman–Crippen MR) is 64.6 cm³/mol. The molecule has 0 aromatic carbocycles. The third-order valence-electron chi connectivity index (χ3n) is 2.44. The fourth-order valence-corrected chi connectivity index (χ4v) is 1.50. The number of amides is 2. The van der Waals surface area contributed by atoms with Gasteiger partial charge >= 0.3 is 5.97 Å². The summed E-state index contributed by atoms with van der Waals surface area (Å²) < 4.78 is 0. The number of carbonyl (C=O) groups excluding carboxylic acids is 2. The van der Waals surface area contributed by atoms with E-state index >= 15 is 0 Å². The van der Waals surface area contributed by atoms with E-state index in [0.717, 1.165) is 0 Å². The van der Waals surface area contributed by atoms with Crippen LogP contribution < -0.4 is 10.7 Å². The molecule has 0 aliphatic carbocycles. The summed E-state index contributed by atoms with van der Waals surface area (Å²) in [5.41, 5.74) is 2.20. The maximum Gasteiger partial charge on any atom is 0.339 e. The fraction of sp³-hybridized carbons (Fsp3) is 0.182. The van der Waals surface area contributed by atoms with E-state index in [-0.39, 0.29) is 35.8 Å². The first-order chi connectivity index (χ1) is 9.08. The van der Waals surface area contributed by atoms with Gasteiger partial charge in [0.1, 0.15) is 17.1 Å². The quantitative estimate of drug-likeness (QED) is 0.707. The standard InChI is InChI=1S/C11H10N4O4/c16-8-4-3-7(14-15-8)10(17)13-9-6(11(18)19)2-1-5-12-9/h1-2,5H,3-4H2,(H,15,16)(H,18,19)(H,12,13,17). The van der Waals surface area contributed by atoms with Crippen molar-refractivity contribution >= 4 is 29.3 Å². The van der Waals surface area contributed by atoms with E-state index in [0.29, 0.717) is 0 Å². The molecule has 0 saturated heterocycles. The van der Waals surface area contributed by atoms with E-state index in [2.05, 4.69) is 20.8 Å². The number of nitrogens with zero attached hydrogens (tertiary/aromatic N) is 2. The number of pyridine rings is 1. The smallest absolute Gasteiger partial charge is 0.339 e. The summed E-state index contributed by atoms with van der Waals surface area (Å²) in [5, 5.41) is 14.9. The van der Waals surface area contributed by atoms with E-state index in [4.69, 9.17) is 5.11 Å². The summed E-state index contributed by atoms with van der Waals surface area (Å²) in [5.74, 6) is -2.09. The molecule has 0 saturated carbocycles. The monoisotopic (exact) mass is 262 g/mol. The molecule has 19 heavy (non-hydrogen) atoms. The van der Waals surface area contributed by atoms with Gasteiger partial charge in [0.15, 0.2) is 0 Å². The van der Waals surface area contributed by atoms with E-state index in [1.54, 1.807) is 0 Å². The Hall–Kier alpha value is -2.77. The molecule has 2 amide bonds. The molecule has 1 aliphatic rings. The number of anilines is 1. The highest BCUT2D eigenvalue weighted by Crippen LogP contribution is 2.12. The van der Waals surface area contributed by atoms with Crippen molar-refractivity contribution in [1.29, 1.82) is 0 Å². The van der Waals surface area contributed by atoms with Crippen molar-refractivity contribution in [3.63, 3.8) is 0 Å². The van der Waals surface area contributed by atoms with Crippen LogP contribution in [-0.2, 0) is 9.59 Å². The van der Waals surface area contributed by atoms with Crippen LogP contribution in [0.2, 0.25) is 0 Å². The number of nitrogens with one attached hydrogen (secondary N) is 2. The Bertz CT molecular complexity index is 582. The van der Waals surface area contributed by atoms with E-state index in [9.17, 15) is 14.4 Å². The van der Waals surface area contributed by atoms with Gasteiger partial charge in [0.05, 0.1) is 0 Å². The second kappa shape index (κ2) is 5.25. The molecule has 2 rings (SSSR count). The van der Waals surface area contributed by atoms with Crippen molar-refractivity contribution in [2.75, 3.05) is 5.32 Å². The lowest BCUT2D eigenvalue weighted by molar-refractivity contribution is -0.121. The molecular weight excluding hydrogens is 252 g/mol. The van der Waals surface area contributed by atoms with Crippen LogP contribution >= 0.6 is 0 Å². The lowest BCUT2D eigenvalue weighted by atomic mass is 10.1. The van der Waals surface area contributed by atoms with Gasteiger partial charge in [-0.25, -0.2) is 15.2 Å². The SMILES string of the molecule is O=C1CCC(C(=O)Nc2ncccc2C(=O)O)=NN1. The van der Waals surface area contributed by atoms with Gasteiger partial charge in [-0.05, 0) is 12.1 Å². The van der Waals surface area contributed by atoms with E-state index in [1.165, 1.54) is 18.3 Å². The zero-order valence-electron chi connectivity index (χ0n) is 9.71. The number of carboxylic acid groups (broad SMARTS) is 1. The largest absolute Gasteiger partial charge is 0.478 e. The van der Waals surface area contributed by atoms with Gasteiger partial charge in [0, 0.05) is 19.0 Å². The number of aromatic nitrogens is 1. The number of hydrazone groups is 1. The molecule has 0 fully saturated rings. The van der Waals surface area contributed by atoms with E-state index in [1.807, 2.05) is 0 Å². The van der Waals surface area contributed by atoms with Crippen LogP contribution in [0.5, 0.6) is 0 Å². The molecule has 1 aromatic rings. The van der Waals surface area contributed by atoms with Crippen LogP contribution in [0.3, 0.4) is 0 Å². The highest BCUT2D eigenvalue weighted by molar-refractivity contribution is 6.43. The molecule has 98 valence electrons. The maximum absolute atomic E-state index is 11.8. The van der Waals surface area contributed by atoms with Gasteiger partial charge < -0.3 is 10.4 Å². The van der Waals surface area contributed by atoms with Crippen LogP contribution in [0.25, 0.3) is 0 Å². The Labute approximate surface area is 107 Å². The average molecular weight is 262 g/mol. The highest BCUT2D eigenvalue weighted by atomic mass is 16.4. The van der Waals surface area contributed by atoms with Crippen molar-refractivity contribution < 1.29 is 19.5 Å². The normalized spacial score (nSPS) is 14.3. The molecule has 0 spiro atoms. The number of aromatic carboxylic acids is 1. The molecule has 1 aromatic heterocycles. The molecular formula is C11H10N4O4. The lowest BCUT2D eigenvalue weighted by Crippen LogP contribution is -2.33. The summed E-state index contributed by atoms with van der Waals surface area (Å²) in [6, 6.07) is 2.78. The number of carbonyl (C=O) groups is 3. The molecule has 8 nitrogen and oxygen atoms in total. The molecule has 0 radical (unpaired) electrons. The molecule has 0 bridgehead atoms. The topological polar surface area (TPSA) is 121 Å². The predicted octanol–water partition coefficient (Wildman–Crippen LogP) is -0.0157. The third kappa shape index (κ3) is 2.92. The van der Waals surface area contributed by atoms with Crippen LogP contribution in [-0.4, -0.2) is 33.6 Å². The van der Waals surface area contributed by atoms with Gasteiger partial charge in [-0.1, -0.05) is 0 Å². The number of rotatable bonds is 3. The van der Waals surface area contributed by atoms with Crippen LogP contribution in [0.1, 0.15) is 23.2 Å². The van der Waals surface area contributed by atoms with Crippen LogP contribution in [0.15, 0.2) is 23.4 Å². The molecule has 0 unspecified atom stereocenters. The summed E-state index contributed by atoms with van der Waals surface area (Å²) >= 11 is 0. The minimum absolute atomic E-state index is 0.0559. The first-order valence-corrected chi connectivity index (χ1v) is 5.43. The van der Waals surface area contributed by atoms with Crippen molar-refractivity contribution in [1.82, 2.24) is 10.4 Å². The summed E-state index contributed by atoms with van der Waals surface area (Å²) in [6.45, 7) is 0. The molecule has 3 N–H and O–H groups in total. The zero-order chi connectivity index (χ0) is 13.8. The minimum Gasteiger partial charge on any atom is -0.478 e. The lowest BCUT2D eigenvalue weighted by Gasteiger charge is -2.12. The molecule has 0 atom stereocenters. The Morgan fingerprint density at radius 3 is 2.79 bits per heavy atom. The first kappa shape index (κ1) is 12.7. The summed E-state index contributed by atoms with van der Waals surface area (Å²) in [7, 11) is 0. The van der Waals surface area contributed by atoms with Crippen molar-refractivity contribution in [3.8, 4) is 0 Å². The Kier molecular flexibility index (Phi) is 3.51. The van der Waals surface area contributed by atoms with Crippen molar-refractivity contribution in [2.24, 2.45) is 5.10 Å². The average Bonchev–Trinajstić information content (AvgIpc) is 2.39. The molecule has 8 heteroatoms. The van der Waals surface area contributed by atoms with Crippen LogP contribution in [0.4, 0.5) is 5.82 Å². The fourth-order valence-electron chi connectivity index (χ4n) is 1.50. The summed E-state index contributed by atoms with van der Waals surface area (Å²) in [6.07, 6.45) is 1.74. The van der Waals surface area contributed by atoms with Gasteiger partial charge in [-0.15, -0.1) is 0 Å². The highest BCUT2D eigenvalue weighted by Gasteiger charge is 2.20. The summed E-state index contributed by atoms with van der Waals surface area (Å²) in [4.78, 5) is 37.5. The first-order valence-electron chi connectivity index (χ1n) is 5.43.